The van der Waals surface area contributed by atoms with Crippen LogP contribution in [0, 0.1) is 5.92 Å². The fraction of sp³-hybridized carbons (Fsp3) is 0.579. The van der Waals surface area contributed by atoms with Crippen LogP contribution in [0.25, 0.3) is 0 Å². The molecular formula is C19H27N3O3. The topological polar surface area (TPSA) is 70.7 Å². The lowest BCUT2D eigenvalue weighted by molar-refractivity contribution is -0.0683. The first-order chi connectivity index (χ1) is 11.9. The largest absolute Gasteiger partial charge is 0.375 e. The molecule has 0 spiro atoms. The summed E-state index contributed by atoms with van der Waals surface area (Å²) in [7, 11) is 0. The molecule has 1 aromatic rings. The highest BCUT2D eigenvalue weighted by Gasteiger charge is 2.38. The van der Waals surface area contributed by atoms with Crippen molar-refractivity contribution in [1.82, 2.24) is 10.2 Å². The summed E-state index contributed by atoms with van der Waals surface area (Å²) >= 11 is 0. The van der Waals surface area contributed by atoms with Crippen molar-refractivity contribution >= 4 is 17.5 Å². The number of nitrogens with one attached hydrogen (secondary N) is 2. The zero-order valence-corrected chi connectivity index (χ0v) is 15.1. The van der Waals surface area contributed by atoms with Crippen LogP contribution in [0.3, 0.4) is 0 Å². The van der Waals surface area contributed by atoms with E-state index in [1.165, 1.54) is 6.92 Å². The molecule has 0 unspecified atom stereocenters. The third-order valence-corrected chi connectivity index (χ3v) is 5.05. The molecule has 2 aliphatic rings. The Hall–Kier alpha value is -1.92. The van der Waals surface area contributed by atoms with Crippen LogP contribution >= 0.6 is 0 Å². The minimum absolute atomic E-state index is 0.0172. The van der Waals surface area contributed by atoms with Gasteiger partial charge in [-0.05, 0) is 31.4 Å². The second-order valence-electron chi connectivity index (χ2n) is 7.39. The quantitative estimate of drug-likeness (QED) is 0.823. The molecule has 2 heterocycles. The van der Waals surface area contributed by atoms with E-state index in [1.54, 1.807) is 24.3 Å². The number of benzene rings is 1. The van der Waals surface area contributed by atoms with Gasteiger partial charge in [-0.1, -0.05) is 26.0 Å². The van der Waals surface area contributed by atoms with E-state index in [-0.39, 0.29) is 24.0 Å². The molecule has 2 amide bonds. The van der Waals surface area contributed by atoms with E-state index in [4.69, 9.17) is 4.74 Å². The van der Waals surface area contributed by atoms with Gasteiger partial charge in [0.25, 0.3) is 0 Å². The third-order valence-electron chi connectivity index (χ3n) is 5.05. The molecule has 0 saturated carbocycles. The predicted molar refractivity (Wildman–Crippen MR) is 96.9 cm³/mol. The van der Waals surface area contributed by atoms with Crippen LogP contribution in [-0.4, -0.2) is 54.6 Å². The van der Waals surface area contributed by atoms with E-state index in [2.05, 4.69) is 29.4 Å². The summed E-state index contributed by atoms with van der Waals surface area (Å²) in [5, 5.41) is 5.86. The van der Waals surface area contributed by atoms with Crippen molar-refractivity contribution in [3.8, 4) is 0 Å². The molecule has 6 nitrogen and oxygen atoms in total. The number of carbonyl (C=O) groups is 2. The molecule has 0 aromatic heterocycles. The number of ketones is 1. The summed E-state index contributed by atoms with van der Waals surface area (Å²) in [4.78, 5) is 26.1. The number of anilines is 1. The second kappa shape index (κ2) is 7.54. The van der Waals surface area contributed by atoms with Crippen molar-refractivity contribution < 1.29 is 14.3 Å². The minimum Gasteiger partial charge on any atom is -0.375 e. The van der Waals surface area contributed by atoms with Crippen LogP contribution in [0.1, 0.15) is 37.6 Å². The number of hydrogen-bond donors (Lipinski definition) is 2. The lowest BCUT2D eigenvalue weighted by Gasteiger charge is -2.36. The van der Waals surface area contributed by atoms with Crippen LogP contribution in [0.15, 0.2) is 24.3 Å². The Bertz CT molecular complexity index is 647. The molecule has 0 aliphatic carbocycles. The molecule has 3 atom stereocenters. The maximum Gasteiger partial charge on any atom is 0.319 e. The molecule has 136 valence electrons. The number of carbonyl (C=O) groups excluding carboxylic acids is 2. The Labute approximate surface area is 148 Å². The van der Waals surface area contributed by atoms with Gasteiger partial charge >= 0.3 is 6.03 Å². The number of nitrogens with zero attached hydrogens (tertiary/aromatic N) is 1. The van der Waals surface area contributed by atoms with Crippen molar-refractivity contribution in [1.29, 1.82) is 0 Å². The third kappa shape index (κ3) is 4.38. The summed E-state index contributed by atoms with van der Waals surface area (Å²) < 4.78 is 5.94. The van der Waals surface area contributed by atoms with Gasteiger partial charge in [0, 0.05) is 36.4 Å². The number of fused-ring (bicyclic) bond motifs is 1. The maximum atomic E-state index is 12.3. The standard InChI is InChI=1S/C19H27N3O3/c1-12(2)18-10-22-9-16(8-17(22)11-25-18)21-19(24)20-15-6-4-5-14(7-15)13(3)23/h4-7,12,16-18H,8-11H2,1-3H3,(H2,20,21,24)/t16-,17+,18+/m1/s1. The van der Waals surface area contributed by atoms with Gasteiger partial charge in [0.2, 0.25) is 0 Å². The van der Waals surface area contributed by atoms with Gasteiger partial charge in [0.15, 0.2) is 5.78 Å². The summed E-state index contributed by atoms with van der Waals surface area (Å²) in [5.41, 5.74) is 1.22. The van der Waals surface area contributed by atoms with E-state index >= 15 is 0 Å². The van der Waals surface area contributed by atoms with Gasteiger partial charge in [-0.15, -0.1) is 0 Å². The fourth-order valence-electron chi connectivity index (χ4n) is 3.58. The highest BCUT2D eigenvalue weighted by molar-refractivity contribution is 5.96. The molecule has 2 aliphatic heterocycles. The van der Waals surface area contributed by atoms with Crippen LogP contribution in [-0.2, 0) is 4.74 Å². The normalized spacial score (nSPS) is 26.3. The van der Waals surface area contributed by atoms with Gasteiger partial charge in [-0.2, -0.15) is 0 Å². The molecule has 2 fully saturated rings. The first-order valence-electron chi connectivity index (χ1n) is 8.96. The summed E-state index contributed by atoms with van der Waals surface area (Å²) in [5.74, 6) is 0.487. The Morgan fingerprint density at radius 3 is 2.80 bits per heavy atom. The van der Waals surface area contributed by atoms with E-state index in [1.807, 2.05) is 0 Å². The fourth-order valence-corrected chi connectivity index (χ4v) is 3.58. The van der Waals surface area contributed by atoms with Crippen molar-refractivity contribution in [2.45, 2.75) is 45.4 Å². The zero-order chi connectivity index (χ0) is 18.0. The van der Waals surface area contributed by atoms with Gasteiger partial charge in [-0.25, -0.2) is 4.79 Å². The summed E-state index contributed by atoms with van der Waals surface area (Å²) in [6, 6.07) is 7.27. The smallest absolute Gasteiger partial charge is 0.319 e. The molecular weight excluding hydrogens is 318 g/mol. The molecule has 0 bridgehead atoms. The Balaban J connectivity index is 1.52. The predicted octanol–water partition coefficient (Wildman–Crippen LogP) is 2.51. The summed E-state index contributed by atoms with van der Waals surface area (Å²) in [6.07, 6.45) is 1.18. The molecule has 2 N–H and O–H groups in total. The average Bonchev–Trinajstić information content (AvgIpc) is 2.95. The van der Waals surface area contributed by atoms with E-state index < -0.39 is 0 Å². The number of hydrogen-bond acceptors (Lipinski definition) is 4. The van der Waals surface area contributed by atoms with Crippen LogP contribution in [0.2, 0.25) is 0 Å². The van der Waals surface area contributed by atoms with Crippen molar-refractivity contribution in [2.24, 2.45) is 5.92 Å². The zero-order valence-electron chi connectivity index (χ0n) is 15.1. The van der Waals surface area contributed by atoms with E-state index in [9.17, 15) is 9.59 Å². The highest BCUT2D eigenvalue weighted by atomic mass is 16.5. The van der Waals surface area contributed by atoms with Crippen molar-refractivity contribution in [2.75, 3.05) is 25.0 Å². The molecule has 6 heteroatoms. The number of urea groups is 1. The maximum absolute atomic E-state index is 12.3. The number of ether oxygens (including phenoxy) is 1. The monoisotopic (exact) mass is 345 g/mol. The van der Waals surface area contributed by atoms with Gasteiger partial charge in [0.05, 0.1) is 12.7 Å². The first kappa shape index (κ1) is 17.9. The Kier molecular flexibility index (Phi) is 5.39. The molecule has 0 radical (unpaired) electrons. The van der Waals surface area contributed by atoms with Gasteiger partial charge in [-0.3, -0.25) is 9.69 Å². The lowest BCUT2D eigenvalue weighted by Crippen LogP contribution is -2.48. The molecule has 2 saturated heterocycles. The summed E-state index contributed by atoms with van der Waals surface area (Å²) in [6.45, 7) is 8.41. The van der Waals surface area contributed by atoms with E-state index in [0.717, 1.165) is 26.1 Å². The SMILES string of the molecule is CC(=O)c1cccc(NC(=O)N[C@@H]2C[C@H]3CO[C@H](C(C)C)CN3C2)c1. The Morgan fingerprint density at radius 1 is 1.28 bits per heavy atom. The molecule has 25 heavy (non-hydrogen) atoms. The van der Waals surface area contributed by atoms with Crippen LogP contribution in [0.5, 0.6) is 0 Å². The lowest BCUT2D eigenvalue weighted by atomic mass is 10.0. The van der Waals surface area contributed by atoms with Crippen molar-refractivity contribution in [3.63, 3.8) is 0 Å². The molecule has 1 aromatic carbocycles. The minimum atomic E-state index is -0.230. The number of morpholine rings is 1. The molecule has 3 rings (SSSR count). The number of amides is 2. The first-order valence-corrected chi connectivity index (χ1v) is 8.96. The Morgan fingerprint density at radius 2 is 2.08 bits per heavy atom. The van der Waals surface area contributed by atoms with Crippen LogP contribution < -0.4 is 10.6 Å². The van der Waals surface area contributed by atoms with Gasteiger partial charge < -0.3 is 15.4 Å². The van der Waals surface area contributed by atoms with Gasteiger partial charge in [0.1, 0.15) is 0 Å². The van der Waals surface area contributed by atoms with Crippen molar-refractivity contribution in [3.05, 3.63) is 29.8 Å². The van der Waals surface area contributed by atoms with E-state index in [0.29, 0.717) is 23.2 Å². The van der Waals surface area contributed by atoms with Crippen LogP contribution in [0.4, 0.5) is 10.5 Å². The average molecular weight is 345 g/mol. The second-order valence-corrected chi connectivity index (χ2v) is 7.39. The number of rotatable bonds is 4. The number of Topliss-reactive ketones (excluding diaryl/α,β-unsaturated/α-hetero) is 1. The highest BCUT2D eigenvalue weighted by Crippen LogP contribution is 2.25.